The van der Waals surface area contributed by atoms with Gasteiger partial charge in [0.1, 0.15) is 17.0 Å². The SMILES string of the molecule is C[C@]1(C(=O)NC2CCCCCCC2)Cn2c(ccc2-c2ccco2)C(=O)N1C[C@H]1CCCO1. The van der Waals surface area contributed by atoms with Crippen LogP contribution in [0.4, 0.5) is 0 Å². The summed E-state index contributed by atoms with van der Waals surface area (Å²) in [5.41, 5.74) is 0.416. The van der Waals surface area contributed by atoms with E-state index in [-0.39, 0.29) is 24.0 Å². The van der Waals surface area contributed by atoms with Crippen molar-refractivity contribution in [1.82, 2.24) is 14.8 Å². The Morgan fingerprint density at radius 3 is 2.52 bits per heavy atom. The van der Waals surface area contributed by atoms with Crippen molar-refractivity contribution in [3.63, 3.8) is 0 Å². The third kappa shape index (κ3) is 4.35. The molecule has 7 heteroatoms. The van der Waals surface area contributed by atoms with Crippen LogP contribution in [-0.2, 0) is 16.1 Å². The van der Waals surface area contributed by atoms with Crippen molar-refractivity contribution >= 4 is 11.8 Å². The van der Waals surface area contributed by atoms with Gasteiger partial charge in [-0.3, -0.25) is 9.59 Å². The van der Waals surface area contributed by atoms with Crippen LogP contribution in [0.15, 0.2) is 34.9 Å². The van der Waals surface area contributed by atoms with E-state index in [9.17, 15) is 9.59 Å². The minimum Gasteiger partial charge on any atom is -0.463 e. The van der Waals surface area contributed by atoms with Crippen LogP contribution in [0.3, 0.4) is 0 Å². The minimum atomic E-state index is -1.00. The molecule has 1 aliphatic carbocycles. The molecule has 178 valence electrons. The Kier molecular flexibility index (Phi) is 6.32. The second kappa shape index (κ2) is 9.37. The lowest BCUT2D eigenvalue weighted by atomic mass is 9.91. The Morgan fingerprint density at radius 1 is 1.06 bits per heavy atom. The zero-order valence-electron chi connectivity index (χ0n) is 19.6. The average Bonchev–Trinajstić information content (AvgIpc) is 3.54. The summed E-state index contributed by atoms with van der Waals surface area (Å²) in [5.74, 6) is 0.512. The van der Waals surface area contributed by atoms with E-state index in [1.807, 2.05) is 35.8 Å². The number of ether oxygens (including phenoxy) is 1. The Morgan fingerprint density at radius 2 is 1.82 bits per heavy atom. The van der Waals surface area contributed by atoms with Crippen molar-refractivity contribution in [1.29, 1.82) is 0 Å². The summed E-state index contributed by atoms with van der Waals surface area (Å²) in [5, 5.41) is 3.34. The summed E-state index contributed by atoms with van der Waals surface area (Å²) >= 11 is 0. The highest BCUT2D eigenvalue weighted by Gasteiger charge is 2.49. The lowest BCUT2D eigenvalue weighted by Gasteiger charge is -2.45. The molecule has 0 aromatic carbocycles. The van der Waals surface area contributed by atoms with E-state index in [0.717, 1.165) is 50.8 Å². The molecule has 2 fully saturated rings. The molecule has 0 radical (unpaired) electrons. The molecule has 1 saturated heterocycles. The highest BCUT2D eigenvalue weighted by molar-refractivity contribution is 6.00. The quantitative estimate of drug-likeness (QED) is 0.729. The number of fused-ring (bicyclic) bond motifs is 1. The molecule has 2 aromatic rings. The summed E-state index contributed by atoms with van der Waals surface area (Å²) in [6.45, 7) is 3.46. The van der Waals surface area contributed by atoms with Crippen molar-refractivity contribution in [2.75, 3.05) is 13.2 Å². The van der Waals surface area contributed by atoms with Crippen LogP contribution in [0, 0.1) is 0 Å². The Balaban J connectivity index is 1.46. The predicted octanol–water partition coefficient (Wildman–Crippen LogP) is 4.37. The first-order chi connectivity index (χ1) is 16.1. The molecule has 5 rings (SSSR count). The number of rotatable bonds is 5. The Labute approximate surface area is 195 Å². The number of hydrogen-bond donors (Lipinski definition) is 1. The third-order valence-corrected chi connectivity index (χ3v) is 7.62. The zero-order valence-corrected chi connectivity index (χ0v) is 19.6. The molecular formula is C26H35N3O4. The monoisotopic (exact) mass is 453 g/mol. The standard InChI is InChI=1S/C26H35N3O4/c1-26(25(31)27-19-9-5-3-2-4-6-10-19)18-28-21(23-12-8-16-33-23)13-14-22(28)24(30)29(26)17-20-11-7-15-32-20/h8,12-14,16,19-20H,2-7,9-11,15,17-18H2,1H3,(H,27,31)/t20-,26-/m1/s1. The van der Waals surface area contributed by atoms with Gasteiger partial charge in [-0.15, -0.1) is 0 Å². The van der Waals surface area contributed by atoms with Crippen molar-refractivity contribution < 1.29 is 18.7 Å². The number of carbonyl (C=O) groups is 2. The minimum absolute atomic E-state index is 0.0199. The molecule has 2 aromatic heterocycles. The molecule has 0 spiro atoms. The van der Waals surface area contributed by atoms with E-state index in [1.54, 1.807) is 11.2 Å². The molecule has 1 saturated carbocycles. The van der Waals surface area contributed by atoms with Crippen LogP contribution in [0.25, 0.3) is 11.5 Å². The molecule has 3 aliphatic rings. The molecule has 0 bridgehead atoms. The highest BCUT2D eigenvalue weighted by atomic mass is 16.5. The van der Waals surface area contributed by atoms with E-state index >= 15 is 0 Å². The third-order valence-electron chi connectivity index (χ3n) is 7.62. The number of hydrogen-bond acceptors (Lipinski definition) is 4. The fourth-order valence-corrected chi connectivity index (χ4v) is 5.63. The average molecular weight is 454 g/mol. The van der Waals surface area contributed by atoms with Gasteiger partial charge in [-0.2, -0.15) is 0 Å². The molecule has 4 heterocycles. The van der Waals surface area contributed by atoms with Gasteiger partial charge < -0.3 is 23.9 Å². The zero-order chi connectivity index (χ0) is 22.8. The van der Waals surface area contributed by atoms with E-state index in [4.69, 9.17) is 9.15 Å². The van der Waals surface area contributed by atoms with Crippen molar-refractivity contribution in [2.24, 2.45) is 0 Å². The summed E-state index contributed by atoms with van der Waals surface area (Å²) < 4.78 is 13.4. The smallest absolute Gasteiger partial charge is 0.271 e. The van der Waals surface area contributed by atoms with Crippen LogP contribution in [0.5, 0.6) is 0 Å². The van der Waals surface area contributed by atoms with E-state index in [0.29, 0.717) is 24.5 Å². The molecule has 2 atom stereocenters. The van der Waals surface area contributed by atoms with Crippen molar-refractivity contribution in [3.05, 3.63) is 36.2 Å². The van der Waals surface area contributed by atoms with Gasteiger partial charge in [0.05, 0.1) is 24.6 Å². The van der Waals surface area contributed by atoms with Gasteiger partial charge >= 0.3 is 0 Å². The number of amides is 2. The van der Waals surface area contributed by atoms with Gasteiger partial charge in [-0.1, -0.05) is 32.1 Å². The summed E-state index contributed by atoms with van der Waals surface area (Å²) in [7, 11) is 0. The number of nitrogens with zero attached hydrogens (tertiary/aromatic N) is 2. The summed E-state index contributed by atoms with van der Waals surface area (Å²) in [6, 6.07) is 7.65. The van der Waals surface area contributed by atoms with Crippen LogP contribution in [0.2, 0.25) is 0 Å². The van der Waals surface area contributed by atoms with Gasteiger partial charge in [-0.25, -0.2) is 0 Å². The fraction of sp³-hybridized carbons (Fsp3) is 0.615. The molecule has 7 nitrogen and oxygen atoms in total. The Bertz CT molecular complexity index is 968. The van der Waals surface area contributed by atoms with Crippen LogP contribution < -0.4 is 5.32 Å². The van der Waals surface area contributed by atoms with Crippen LogP contribution in [-0.4, -0.2) is 52.1 Å². The molecule has 1 N–H and O–H groups in total. The van der Waals surface area contributed by atoms with Gasteiger partial charge in [0.25, 0.3) is 5.91 Å². The van der Waals surface area contributed by atoms with Gasteiger partial charge in [0.2, 0.25) is 5.91 Å². The normalized spacial score (nSPS) is 26.6. The van der Waals surface area contributed by atoms with E-state index in [2.05, 4.69) is 5.32 Å². The maximum absolute atomic E-state index is 13.9. The number of carbonyl (C=O) groups excluding carboxylic acids is 2. The molecular weight excluding hydrogens is 418 g/mol. The van der Waals surface area contributed by atoms with E-state index in [1.165, 1.54) is 19.3 Å². The maximum atomic E-state index is 13.9. The largest absolute Gasteiger partial charge is 0.463 e. The van der Waals surface area contributed by atoms with E-state index < -0.39 is 5.54 Å². The van der Waals surface area contributed by atoms with Gasteiger partial charge in [0.15, 0.2) is 0 Å². The number of furan rings is 1. The van der Waals surface area contributed by atoms with Crippen LogP contribution in [0.1, 0.15) is 75.2 Å². The highest BCUT2D eigenvalue weighted by Crippen LogP contribution is 2.34. The molecule has 2 amide bonds. The number of nitrogens with one attached hydrogen (secondary N) is 1. The van der Waals surface area contributed by atoms with Crippen molar-refractivity contribution in [2.45, 2.75) is 88.9 Å². The lowest BCUT2D eigenvalue weighted by Crippen LogP contribution is -2.66. The fourth-order valence-electron chi connectivity index (χ4n) is 5.63. The first-order valence-corrected chi connectivity index (χ1v) is 12.5. The van der Waals surface area contributed by atoms with Crippen molar-refractivity contribution in [3.8, 4) is 11.5 Å². The molecule has 2 aliphatic heterocycles. The summed E-state index contributed by atoms with van der Waals surface area (Å²) in [4.78, 5) is 29.4. The van der Waals surface area contributed by atoms with Gasteiger partial charge in [-0.05, 0) is 56.9 Å². The summed E-state index contributed by atoms with van der Waals surface area (Å²) in [6.07, 6.45) is 11.6. The topological polar surface area (TPSA) is 76.7 Å². The predicted molar refractivity (Wildman–Crippen MR) is 125 cm³/mol. The maximum Gasteiger partial charge on any atom is 0.271 e. The number of aromatic nitrogens is 1. The van der Waals surface area contributed by atoms with Crippen LogP contribution >= 0.6 is 0 Å². The second-order valence-electron chi connectivity index (χ2n) is 10.0. The van der Waals surface area contributed by atoms with Gasteiger partial charge in [0, 0.05) is 19.2 Å². The lowest BCUT2D eigenvalue weighted by molar-refractivity contribution is -0.134. The first-order valence-electron chi connectivity index (χ1n) is 12.5. The molecule has 33 heavy (non-hydrogen) atoms. The first kappa shape index (κ1) is 22.3. The molecule has 0 unspecified atom stereocenters. The Hall–Kier alpha value is -2.54. The second-order valence-corrected chi connectivity index (χ2v) is 10.0.